The van der Waals surface area contributed by atoms with Crippen LogP contribution in [-0.4, -0.2) is 26.8 Å². The molecule has 23 heavy (non-hydrogen) atoms. The zero-order valence-electron chi connectivity index (χ0n) is 12.5. The molecule has 120 valence electrons. The molecule has 0 spiro atoms. The maximum absolute atomic E-state index is 12.3. The van der Waals surface area contributed by atoms with Gasteiger partial charge in [-0.05, 0) is 37.5 Å². The quantitative estimate of drug-likeness (QED) is 0.491. The van der Waals surface area contributed by atoms with Crippen LogP contribution in [0.5, 0.6) is 0 Å². The van der Waals surface area contributed by atoms with E-state index in [0.717, 1.165) is 25.7 Å². The highest BCUT2D eigenvalue weighted by Crippen LogP contribution is 2.31. The topological polar surface area (TPSA) is 87.3 Å². The fraction of sp³-hybridized carbons (Fsp3) is 0.375. The summed E-state index contributed by atoms with van der Waals surface area (Å²) in [5.41, 5.74) is 0.272. The average molecular weight is 315 g/mol. The summed E-state index contributed by atoms with van der Waals surface area (Å²) in [5.74, 6) is -0.455. The lowest BCUT2D eigenvalue weighted by Gasteiger charge is -2.31. The molecule has 0 bridgehead atoms. The van der Waals surface area contributed by atoms with Gasteiger partial charge in [-0.2, -0.15) is 5.10 Å². The van der Waals surface area contributed by atoms with Gasteiger partial charge in [-0.25, -0.2) is 4.79 Å². The van der Waals surface area contributed by atoms with Crippen LogP contribution in [-0.2, 0) is 4.74 Å². The highest BCUT2D eigenvalue weighted by atomic mass is 16.6. The number of hydrogen-bond donors (Lipinski definition) is 0. The van der Waals surface area contributed by atoms with Crippen LogP contribution in [0, 0.1) is 10.1 Å². The van der Waals surface area contributed by atoms with Gasteiger partial charge in [0.05, 0.1) is 16.5 Å². The second-order valence-corrected chi connectivity index (χ2v) is 5.59. The highest BCUT2D eigenvalue weighted by molar-refractivity contribution is 5.89. The van der Waals surface area contributed by atoms with Gasteiger partial charge in [-0.1, -0.05) is 6.42 Å². The van der Waals surface area contributed by atoms with E-state index in [1.807, 2.05) is 16.9 Å². The van der Waals surface area contributed by atoms with E-state index in [4.69, 9.17) is 4.74 Å². The van der Waals surface area contributed by atoms with Crippen molar-refractivity contribution in [3.05, 3.63) is 58.4 Å². The molecule has 1 aliphatic carbocycles. The van der Waals surface area contributed by atoms with Gasteiger partial charge in [0.15, 0.2) is 0 Å². The fourth-order valence-corrected chi connectivity index (χ4v) is 2.92. The molecule has 1 aliphatic rings. The minimum Gasteiger partial charge on any atom is -0.457 e. The molecule has 1 unspecified atom stereocenters. The van der Waals surface area contributed by atoms with Crippen molar-refractivity contribution in [2.45, 2.75) is 37.8 Å². The van der Waals surface area contributed by atoms with Gasteiger partial charge in [0.25, 0.3) is 5.69 Å². The van der Waals surface area contributed by atoms with Crippen molar-refractivity contribution >= 4 is 11.7 Å². The number of aromatic nitrogens is 2. The van der Waals surface area contributed by atoms with Crippen LogP contribution in [0.1, 0.15) is 42.1 Å². The molecule has 0 saturated heterocycles. The molecule has 0 aliphatic heterocycles. The lowest BCUT2D eigenvalue weighted by Crippen LogP contribution is -2.32. The van der Waals surface area contributed by atoms with Crippen molar-refractivity contribution < 1.29 is 14.5 Å². The molecule has 3 rings (SSSR count). The third-order valence-corrected chi connectivity index (χ3v) is 4.10. The molecule has 7 nitrogen and oxygen atoms in total. The van der Waals surface area contributed by atoms with Crippen molar-refractivity contribution in [3.63, 3.8) is 0 Å². The zero-order valence-corrected chi connectivity index (χ0v) is 12.5. The van der Waals surface area contributed by atoms with Crippen LogP contribution >= 0.6 is 0 Å². The van der Waals surface area contributed by atoms with Crippen LogP contribution in [0.25, 0.3) is 0 Å². The van der Waals surface area contributed by atoms with Crippen LogP contribution in [0.4, 0.5) is 5.69 Å². The summed E-state index contributed by atoms with van der Waals surface area (Å²) in [6.07, 6.45) is 7.16. The first-order valence-corrected chi connectivity index (χ1v) is 7.60. The van der Waals surface area contributed by atoms with Crippen molar-refractivity contribution in [1.82, 2.24) is 9.78 Å². The first-order chi connectivity index (χ1) is 11.1. The Balaban J connectivity index is 1.71. The van der Waals surface area contributed by atoms with E-state index < -0.39 is 10.9 Å². The van der Waals surface area contributed by atoms with E-state index in [9.17, 15) is 14.9 Å². The number of non-ortho nitro benzene ring substituents is 1. The number of nitro benzene ring substituents is 1. The van der Waals surface area contributed by atoms with Crippen LogP contribution in [0.3, 0.4) is 0 Å². The van der Waals surface area contributed by atoms with Gasteiger partial charge in [-0.15, -0.1) is 0 Å². The first-order valence-electron chi connectivity index (χ1n) is 7.60. The summed E-state index contributed by atoms with van der Waals surface area (Å²) < 4.78 is 7.48. The van der Waals surface area contributed by atoms with Gasteiger partial charge in [0.2, 0.25) is 0 Å². The number of carbonyl (C=O) groups is 1. The number of hydrogen-bond acceptors (Lipinski definition) is 5. The van der Waals surface area contributed by atoms with Crippen molar-refractivity contribution in [3.8, 4) is 0 Å². The Labute approximate surface area is 133 Å². The number of benzene rings is 1. The van der Waals surface area contributed by atoms with Crippen molar-refractivity contribution in [2.75, 3.05) is 0 Å². The molecule has 1 heterocycles. The minimum absolute atomic E-state index is 0.0424. The zero-order chi connectivity index (χ0) is 16.2. The van der Waals surface area contributed by atoms with Gasteiger partial charge in [0, 0.05) is 24.5 Å². The summed E-state index contributed by atoms with van der Waals surface area (Å²) >= 11 is 0. The molecule has 1 fully saturated rings. The molecule has 1 saturated carbocycles. The van der Waals surface area contributed by atoms with Gasteiger partial charge in [0.1, 0.15) is 6.10 Å². The molecule has 0 radical (unpaired) electrons. The predicted octanol–water partition coefficient (Wildman–Crippen LogP) is 3.13. The minimum atomic E-state index is -0.496. The number of nitro groups is 1. The number of rotatable bonds is 4. The Hall–Kier alpha value is -2.70. The molecule has 0 N–H and O–H groups in total. The Morgan fingerprint density at radius 1 is 1.26 bits per heavy atom. The molecule has 7 heteroatoms. The smallest absolute Gasteiger partial charge is 0.338 e. The summed E-state index contributed by atoms with van der Waals surface area (Å²) in [7, 11) is 0. The largest absolute Gasteiger partial charge is 0.457 e. The molecule has 1 aromatic carbocycles. The third kappa shape index (κ3) is 3.39. The lowest BCUT2D eigenvalue weighted by molar-refractivity contribution is -0.384. The Bertz CT molecular complexity index is 682. The van der Waals surface area contributed by atoms with E-state index in [1.165, 1.54) is 24.3 Å². The Morgan fingerprint density at radius 3 is 2.65 bits per heavy atom. The molecule has 1 aromatic heterocycles. The second kappa shape index (κ2) is 6.60. The summed E-state index contributed by atoms with van der Waals surface area (Å²) in [4.78, 5) is 22.4. The van der Waals surface area contributed by atoms with Crippen LogP contribution < -0.4 is 0 Å². The molecule has 2 aromatic rings. The van der Waals surface area contributed by atoms with Crippen molar-refractivity contribution in [2.24, 2.45) is 0 Å². The Kier molecular flexibility index (Phi) is 4.36. The van der Waals surface area contributed by atoms with E-state index >= 15 is 0 Å². The fourth-order valence-electron chi connectivity index (χ4n) is 2.92. The summed E-state index contributed by atoms with van der Waals surface area (Å²) in [6.45, 7) is 0. The highest BCUT2D eigenvalue weighted by Gasteiger charge is 2.30. The average Bonchev–Trinajstić information content (AvgIpc) is 3.09. The van der Waals surface area contributed by atoms with E-state index in [1.54, 1.807) is 6.20 Å². The standard InChI is InChI=1S/C16H17N3O4/c20-16(12-6-8-13(9-7-12)19(21)22)23-15-5-2-1-4-14(15)18-11-3-10-17-18/h3,6-11,14-15H,1-2,4-5H2/t14?,15-/m0/s1. The first kappa shape index (κ1) is 15.2. The van der Waals surface area contributed by atoms with Crippen molar-refractivity contribution in [1.29, 1.82) is 0 Å². The predicted molar refractivity (Wildman–Crippen MR) is 82.0 cm³/mol. The van der Waals surface area contributed by atoms with Gasteiger partial charge in [-0.3, -0.25) is 14.8 Å². The Morgan fingerprint density at radius 2 is 2.00 bits per heavy atom. The molecule has 0 amide bonds. The number of carbonyl (C=O) groups excluding carboxylic acids is 1. The maximum Gasteiger partial charge on any atom is 0.338 e. The summed E-state index contributed by atoms with van der Waals surface area (Å²) in [6, 6.07) is 7.35. The SMILES string of the molecule is O=C(O[C@H]1CCCCC1n1cccn1)c1ccc([N+](=O)[O-])cc1. The van der Waals surface area contributed by atoms with E-state index in [-0.39, 0.29) is 17.8 Å². The van der Waals surface area contributed by atoms with E-state index in [2.05, 4.69) is 5.10 Å². The molecular weight excluding hydrogens is 298 g/mol. The third-order valence-electron chi connectivity index (χ3n) is 4.10. The molecular formula is C16H17N3O4. The van der Waals surface area contributed by atoms with Gasteiger partial charge < -0.3 is 4.74 Å². The van der Waals surface area contributed by atoms with Gasteiger partial charge >= 0.3 is 5.97 Å². The number of ether oxygens (including phenoxy) is 1. The monoisotopic (exact) mass is 315 g/mol. The number of esters is 1. The normalized spacial score (nSPS) is 20.9. The molecule has 2 atom stereocenters. The number of nitrogens with zero attached hydrogens (tertiary/aromatic N) is 3. The lowest BCUT2D eigenvalue weighted by atomic mass is 9.92. The van der Waals surface area contributed by atoms with Crippen LogP contribution in [0.2, 0.25) is 0 Å². The van der Waals surface area contributed by atoms with Crippen LogP contribution in [0.15, 0.2) is 42.7 Å². The maximum atomic E-state index is 12.3. The summed E-state index contributed by atoms with van der Waals surface area (Å²) in [5, 5.41) is 14.9. The van der Waals surface area contributed by atoms with E-state index in [0.29, 0.717) is 5.56 Å². The second-order valence-electron chi connectivity index (χ2n) is 5.59.